The molecule has 1 aromatic heterocycles. The molecule has 1 aliphatic rings. The Hall–Kier alpha value is -2.56. The van der Waals surface area contributed by atoms with Crippen LogP contribution in [0.2, 0.25) is 4.34 Å². The van der Waals surface area contributed by atoms with Crippen molar-refractivity contribution >= 4 is 43.8 Å². The van der Waals surface area contributed by atoms with Crippen LogP contribution < -0.4 is 10.1 Å². The second kappa shape index (κ2) is 8.52. The van der Waals surface area contributed by atoms with Crippen LogP contribution >= 0.6 is 22.9 Å². The van der Waals surface area contributed by atoms with E-state index in [1.165, 1.54) is 36.5 Å². The van der Waals surface area contributed by atoms with Crippen molar-refractivity contribution in [1.29, 1.82) is 0 Å². The first-order chi connectivity index (χ1) is 14.7. The van der Waals surface area contributed by atoms with Crippen LogP contribution in [0.3, 0.4) is 0 Å². The molecule has 11 heteroatoms. The van der Waals surface area contributed by atoms with E-state index in [2.05, 4.69) is 10.3 Å². The fraction of sp³-hybridized carbons (Fsp3) is 0.200. The Bertz CT molecular complexity index is 1230. The van der Waals surface area contributed by atoms with Gasteiger partial charge in [-0.15, -0.1) is 0 Å². The Morgan fingerprint density at radius 3 is 2.45 bits per heavy atom. The standard InChI is InChI=1S/C20H15ClF2N2O4S2/c21-17-10-24-20(30-17)25-19(26)18(29-12-3-8-15(22)16(23)9-12)11-1-4-13(5-2-11)31(27,28)14-6-7-14/h1-5,8-10,14,18H,6-7H2,(H,24,25,26). The number of amides is 1. The highest BCUT2D eigenvalue weighted by Crippen LogP contribution is 2.34. The third-order valence-corrected chi connectivity index (χ3v) is 7.87. The molecule has 31 heavy (non-hydrogen) atoms. The summed E-state index contributed by atoms with van der Waals surface area (Å²) in [6, 6.07) is 8.59. The van der Waals surface area contributed by atoms with Crippen molar-refractivity contribution in [2.75, 3.05) is 5.32 Å². The molecule has 1 unspecified atom stereocenters. The van der Waals surface area contributed by atoms with Crippen molar-refractivity contribution in [3.8, 4) is 5.75 Å². The first-order valence-electron chi connectivity index (χ1n) is 9.12. The monoisotopic (exact) mass is 484 g/mol. The molecule has 6 nitrogen and oxygen atoms in total. The highest BCUT2D eigenvalue weighted by molar-refractivity contribution is 7.92. The van der Waals surface area contributed by atoms with Crippen molar-refractivity contribution in [2.24, 2.45) is 0 Å². The van der Waals surface area contributed by atoms with Crippen LogP contribution in [0.1, 0.15) is 24.5 Å². The Kier molecular flexibility index (Phi) is 5.96. The molecule has 162 valence electrons. The topological polar surface area (TPSA) is 85.4 Å². The van der Waals surface area contributed by atoms with Crippen molar-refractivity contribution in [3.63, 3.8) is 0 Å². The van der Waals surface area contributed by atoms with Gasteiger partial charge in [-0.1, -0.05) is 35.1 Å². The molecule has 1 N–H and O–H groups in total. The quantitative estimate of drug-likeness (QED) is 0.522. The Morgan fingerprint density at radius 2 is 1.87 bits per heavy atom. The summed E-state index contributed by atoms with van der Waals surface area (Å²) in [6.45, 7) is 0. The highest BCUT2D eigenvalue weighted by atomic mass is 35.5. The van der Waals surface area contributed by atoms with Gasteiger partial charge in [-0.05, 0) is 37.1 Å². The van der Waals surface area contributed by atoms with Crippen LogP contribution in [-0.4, -0.2) is 24.6 Å². The molecule has 4 rings (SSSR count). The first-order valence-corrected chi connectivity index (χ1v) is 11.9. The van der Waals surface area contributed by atoms with Crippen molar-refractivity contribution in [3.05, 3.63) is 70.2 Å². The summed E-state index contributed by atoms with van der Waals surface area (Å²) in [5.41, 5.74) is 0.319. The minimum absolute atomic E-state index is 0.0779. The van der Waals surface area contributed by atoms with Crippen LogP contribution in [-0.2, 0) is 14.6 Å². The summed E-state index contributed by atoms with van der Waals surface area (Å²) in [5, 5.41) is 2.41. The minimum Gasteiger partial charge on any atom is -0.476 e. The third kappa shape index (κ3) is 4.86. The van der Waals surface area contributed by atoms with E-state index >= 15 is 0 Å². The molecule has 1 aliphatic carbocycles. The maximum atomic E-state index is 13.6. The van der Waals surface area contributed by atoms with Gasteiger partial charge in [0, 0.05) is 11.6 Å². The Morgan fingerprint density at radius 1 is 1.16 bits per heavy atom. The van der Waals surface area contributed by atoms with Gasteiger partial charge < -0.3 is 4.74 Å². The van der Waals surface area contributed by atoms with Crippen LogP contribution in [0.5, 0.6) is 5.75 Å². The number of aromatic nitrogens is 1. The molecule has 1 amide bonds. The number of thiazole rings is 1. The largest absolute Gasteiger partial charge is 0.476 e. The van der Waals surface area contributed by atoms with E-state index in [0.717, 1.165) is 23.5 Å². The van der Waals surface area contributed by atoms with Crippen LogP contribution in [0.15, 0.2) is 53.6 Å². The summed E-state index contributed by atoms with van der Waals surface area (Å²) < 4.78 is 57.7. The van der Waals surface area contributed by atoms with Gasteiger partial charge in [0.05, 0.1) is 16.3 Å². The van der Waals surface area contributed by atoms with Crippen molar-refractivity contribution in [1.82, 2.24) is 4.98 Å². The predicted molar refractivity (Wildman–Crippen MR) is 112 cm³/mol. The second-order valence-corrected chi connectivity index (χ2v) is 10.7. The molecule has 0 spiro atoms. The zero-order chi connectivity index (χ0) is 22.2. The SMILES string of the molecule is O=C(Nc1ncc(Cl)s1)C(Oc1ccc(F)c(F)c1)c1ccc(S(=O)(=O)C2CC2)cc1. The number of carbonyl (C=O) groups is 1. The molecule has 1 heterocycles. The molecule has 1 fully saturated rings. The van der Waals surface area contributed by atoms with Crippen LogP contribution in [0.4, 0.5) is 13.9 Å². The van der Waals surface area contributed by atoms with E-state index in [1.54, 1.807) is 0 Å². The van der Waals surface area contributed by atoms with E-state index in [1.807, 2.05) is 0 Å². The van der Waals surface area contributed by atoms with Gasteiger partial charge in [0.25, 0.3) is 5.91 Å². The number of nitrogens with one attached hydrogen (secondary N) is 1. The number of anilines is 1. The van der Waals surface area contributed by atoms with E-state index < -0.39 is 33.5 Å². The number of ether oxygens (including phenoxy) is 1. The lowest BCUT2D eigenvalue weighted by Crippen LogP contribution is -2.25. The van der Waals surface area contributed by atoms with Gasteiger partial charge in [0.1, 0.15) is 10.1 Å². The van der Waals surface area contributed by atoms with Crippen molar-refractivity contribution < 1.29 is 26.7 Å². The minimum atomic E-state index is -3.40. The smallest absolute Gasteiger partial charge is 0.271 e. The summed E-state index contributed by atoms with van der Waals surface area (Å²) >= 11 is 6.87. The van der Waals surface area contributed by atoms with E-state index in [0.29, 0.717) is 22.7 Å². The average molecular weight is 485 g/mol. The van der Waals surface area contributed by atoms with E-state index in [9.17, 15) is 22.0 Å². The predicted octanol–water partition coefficient (Wildman–Crippen LogP) is 4.77. The molecule has 0 saturated heterocycles. The third-order valence-electron chi connectivity index (χ3n) is 4.57. The van der Waals surface area contributed by atoms with Gasteiger partial charge in [0.2, 0.25) is 6.10 Å². The second-order valence-electron chi connectivity index (χ2n) is 6.85. The number of benzene rings is 2. The molecule has 1 atom stereocenters. The summed E-state index contributed by atoms with van der Waals surface area (Å²) in [6.07, 6.45) is 1.34. The molecule has 0 radical (unpaired) electrons. The Balaban J connectivity index is 1.63. The summed E-state index contributed by atoms with van der Waals surface area (Å²) in [5.74, 6) is -2.91. The number of carbonyl (C=O) groups excluding carboxylic acids is 1. The number of sulfone groups is 1. The normalized spacial score (nSPS) is 14.8. The fourth-order valence-electron chi connectivity index (χ4n) is 2.85. The lowest BCUT2D eigenvalue weighted by molar-refractivity contribution is -0.123. The summed E-state index contributed by atoms with van der Waals surface area (Å²) in [7, 11) is -3.40. The summed E-state index contributed by atoms with van der Waals surface area (Å²) in [4.78, 5) is 17.0. The zero-order valence-corrected chi connectivity index (χ0v) is 18.1. The number of rotatable bonds is 7. The van der Waals surface area contributed by atoms with Crippen molar-refractivity contribution in [2.45, 2.75) is 29.1 Å². The number of halogens is 3. The molecule has 0 bridgehead atoms. The highest BCUT2D eigenvalue weighted by Gasteiger charge is 2.37. The van der Waals surface area contributed by atoms with Gasteiger partial charge in [-0.3, -0.25) is 10.1 Å². The molecule has 1 saturated carbocycles. The Labute approximate surface area is 185 Å². The average Bonchev–Trinajstić information content (AvgIpc) is 3.52. The molecule has 3 aromatic rings. The van der Waals surface area contributed by atoms with Gasteiger partial charge in [-0.2, -0.15) is 0 Å². The maximum absolute atomic E-state index is 13.6. The van der Waals surface area contributed by atoms with Crippen LogP contribution in [0.25, 0.3) is 0 Å². The van der Waals surface area contributed by atoms with E-state index in [-0.39, 0.29) is 21.0 Å². The number of hydrogen-bond acceptors (Lipinski definition) is 6. The molecular formula is C20H15ClF2N2O4S2. The van der Waals surface area contributed by atoms with Crippen LogP contribution in [0, 0.1) is 11.6 Å². The molecular weight excluding hydrogens is 470 g/mol. The van der Waals surface area contributed by atoms with Gasteiger partial charge >= 0.3 is 0 Å². The first kappa shape index (κ1) is 21.7. The number of nitrogens with zero attached hydrogens (tertiary/aromatic N) is 1. The lowest BCUT2D eigenvalue weighted by Gasteiger charge is -2.19. The fourth-order valence-corrected chi connectivity index (χ4v) is 5.32. The molecule has 0 aliphatic heterocycles. The maximum Gasteiger partial charge on any atom is 0.271 e. The van der Waals surface area contributed by atoms with E-state index in [4.69, 9.17) is 16.3 Å². The van der Waals surface area contributed by atoms with Gasteiger partial charge in [0.15, 0.2) is 26.6 Å². The zero-order valence-electron chi connectivity index (χ0n) is 15.7. The molecule has 2 aromatic carbocycles. The van der Waals surface area contributed by atoms with Gasteiger partial charge in [-0.25, -0.2) is 22.2 Å². The lowest BCUT2D eigenvalue weighted by atomic mass is 10.1. The number of hydrogen-bond donors (Lipinski definition) is 1.